The summed E-state index contributed by atoms with van der Waals surface area (Å²) in [5, 5.41) is 8.41. The van der Waals surface area contributed by atoms with E-state index in [4.69, 9.17) is 0 Å². The second-order valence-electron chi connectivity index (χ2n) is 8.15. The highest BCUT2D eigenvalue weighted by Crippen LogP contribution is 2.33. The first-order valence-electron chi connectivity index (χ1n) is 10.4. The number of halogens is 1. The van der Waals surface area contributed by atoms with Crippen LogP contribution in [0.3, 0.4) is 0 Å². The second-order valence-corrected chi connectivity index (χ2v) is 8.15. The van der Waals surface area contributed by atoms with E-state index in [1.807, 2.05) is 6.07 Å². The number of carbonyl (C=O) groups is 1. The van der Waals surface area contributed by atoms with Crippen molar-refractivity contribution in [3.8, 4) is 0 Å². The number of aromatic amines is 1. The highest BCUT2D eigenvalue weighted by Gasteiger charge is 2.32. The van der Waals surface area contributed by atoms with Gasteiger partial charge >= 0.3 is 0 Å². The summed E-state index contributed by atoms with van der Waals surface area (Å²) >= 11 is 0. The number of rotatable bonds is 4. The fourth-order valence-electron chi connectivity index (χ4n) is 4.92. The van der Waals surface area contributed by atoms with Gasteiger partial charge in [-0.2, -0.15) is 5.10 Å². The Hall–Kier alpha value is -2.57. The van der Waals surface area contributed by atoms with Gasteiger partial charge in [0.25, 0.3) is 0 Å². The van der Waals surface area contributed by atoms with Gasteiger partial charge in [0.1, 0.15) is 12.0 Å². The van der Waals surface area contributed by atoms with Crippen molar-refractivity contribution < 1.29 is 9.18 Å². The molecule has 1 atom stereocenters. The Morgan fingerprint density at radius 2 is 1.86 bits per heavy atom. The smallest absolute Gasteiger partial charge is 0.151 e. The van der Waals surface area contributed by atoms with Gasteiger partial charge in [0.15, 0.2) is 6.29 Å². The number of benzene rings is 2. The molecular weight excluding hydrogens is 367 g/mol. The molecule has 0 bridgehead atoms. The van der Waals surface area contributed by atoms with Crippen molar-refractivity contribution in [2.45, 2.75) is 37.9 Å². The van der Waals surface area contributed by atoms with Gasteiger partial charge in [-0.05, 0) is 42.5 Å². The SMILES string of the molecule is O=CC(N1CCC(c2[nH]nc3cc(F)ccc23)CC1)N1CCc2ccccc2C1. The number of likely N-dealkylation sites (tertiary alicyclic amines) is 1. The number of piperidine rings is 1. The summed E-state index contributed by atoms with van der Waals surface area (Å²) in [7, 11) is 0. The number of hydrogen-bond acceptors (Lipinski definition) is 4. The number of aromatic nitrogens is 2. The number of H-pyrrole nitrogens is 1. The van der Waals surface area contributed by atoms with E-state index in [-0.39, 0.29) is 12.0 Å². The Morgan fingerprint density at radius 1 is 1.07 bits per heavy atom. The lowest BCUT2D eigenvalue weighted by atomic mass is 9.91. The lowest BCUT2D eigenvalue weighted by Gasteiger charge is -2.42. The summed E-state index contributed by atoms with van der Waals surface area (Å²) in [5.41, 5.74) is 4.50. The number of carbonyl (C=O) groups excluding carboxylic acids is 1. The third-order valence-electron chi connectivity index (χ3n) is 6.51. The molecule has 2 aliphatic heterocycles. The quantitative estimate of drug-likeness (QED) is 0.691. The van der Waals surface area contributed by atoms with Crippen molar-refractivity contribution >= 4 is 17.2 Å². The molecule has 5 rings (SSSR count). The summed E-state index contributed by atoms with van der Waals surface area (Å²) in [5.74, 6) is 0.0957. The molecule has 3 aromatic rings. The van der Waals surface area contributed by atoms with Gasteiger partial charge in [-0.1, -0.05) is 24.3 Å². The van der Waals surface area contributed by atoms with Crippen LogP contribution in [0.5, 0.6) is 0 Å². The molecule has 1 fully saturated rings. The summed E-state index contributed by atoms with van der Waals surface area (Å²) in [6, 6.07) is 13.3. The van der Waals surface area contributed by atoms with Gasteiger partial charge in [0, 0.05) is 49.2 Å². The van der Waals surface area contributed by atoms with E-state index in [2.05, 4.69) is 44.3 Å². The van der Waals surface area contributed by atoms with Crippen molar-refractivity contribution in [1.29, 1.82) is 0 Å². The van der Waals surface area contributed by atoms with E-state index in [1.165, 1.54) is 23.3 Å². The van der Waals surface area contributed by atoms with Crippen LogP contribution in [-0.2, 0) is 17.8 Å². The Labute approximate surface area is 169 Å². The molecule has 6 heteroatoms. The number of fused-ring (bicyclic) bond motifs is 2. The lowest BCUT2D eigenvalue weighted by Crippen LogP contribution is -2.53. The van der Waals surface area contributed by atoms with Gasteiger partial charge in [0.05, 0.1) is 5.52 Å². The molecule has 0 saturated carbocycles. The fraction of sp³-hybridized carbons (Fsp3) is 0.391. The van der Waals surface area contributed by atoms with Crippen LogP contribution in [0.25, 0.3) is 10.9 Å². The molecular formula is C23H25FN4O. The first-order chi connectivity index (χ1) is 14.2. The van der Waals surface area contributed by atoms with Crippen molar-refractivity contribution in [3.05, 3.63) is 65.1 Å². The number of nitrogens with zero attached hydrogens (tertiary/aromatic N) is 3. The Balaban J connectivity index is 1.27. The number of aldehydes is 1. The zero-order valence-electron chi connectivity index (χ0n) is 16.4. The average molecular weight is 392 g/mol. The van der Waals surface area contributed by atoms with Gasteiger partial charge in [0.2, 0.25) is 0 Å². The Bertz CT molecular complexity index is 1020. The normalized spacial score (nSPS) is 19.9. The third-order valence-corrected chi connectivity index (χ3v) is 6.51. The van der Waals surface area contributed by atoms with Crippen molar-refractivity contribution in [2.75, 3.05) is 19.6 Å². The number of nitrogens with one attached hydrogen (secondary N) is 1. The highest BCUT2D eigenvalue weighted by molar-refractivity contribution is 5.81. The van der Waals surface area contributed by atoms with Crippen LogP contribution >= 0.6 is 0 Å². The second kappa shape index (κ2) is 7.69. The minimum Gasteiger partial charge on any atom is -0.300 e. The van der Waals surface area contributed by atoms with E-state index in [0.29, 0.717) is 11.4 Å². The van der Waals surface area contributed by atoms with Crippen LogP contribution in [0.1, 0.15) is 35.6 Å². The highest BCUT2D eigenvalue weighted by atomic mass is 19.1. The molecule has 1 aromatic heterocycles. The number of hydrogen-bond donors (Lipinski definition) is 1. The van der Waals surface area contributed by atoms with Crippen molar-refractivity contribution in [1.82, 2.24) is 20.0 Å². The summed E-state index contributed by atoms with van der Waals surface area (Å²) in [4.78, 5) is 16.6. The predicted octanol–water partition coefficient (Wildman–Crippen LogP) is 3.46. The van der Waals surface area contributed by atoms with Crippen molar-refractivity contribution in [3.63, 3.8) is 0 Å². The van der Waals surface area contributed by atoms with Gasteiger partial charge in [-0.3, -0.25) is 14.9 Å². The van der Waals surface area contributed by atoms with Gasteiger partial charge < -0.3 is 4.79 Å². The standard InChI is InChI=1S/C23H25FN4O/c24-19-5-6-20-21(13-19)25-26-23(20)17-8-10-27(11-9-17)22(15-29)28-12-7-16-3-1-2-4-18(16)14-28/h1-6,13,15,17,22H,7-12,14H2,(H,25,26). The summed E-state index contributed by atoms with van der Waals surface area (Å²) in [6.45, 7) is 3.48. The third kappa shape index (κ3) is 3.47. The fourth-order valence-corrected chi connectivity index (χ4v) is 4.92. The first-order valence-corrected chi connectivity index (χ1v) is 10.4. The topological polar surface area (TPSA) is 52.2 Å². The first kappa shape index (κ1) is 18.5. The Morgan fingerprint density at radius 3 is 2.66 bits per heavy atom. The molecule has 2 aromatic carbocycles. The molecule has 0 spiro atoms. The van der Waals surface area contributed by atoms with Crippen LogP contribution in [0.4, 0.5) is 4.39 Å². The molecule has 150 valence electrons. The van der Waals surface area contributed by atoms with Crippen molar-refractivity contribution in [2.24, 2.45) is 0 Å². The van der Waals surface area contributed by atoms with E-state index < -0.39 is 0 Å². The Kier molecular flexibility index (Phi) is 4.89. The van der Waals surface area contributed by atoms with E-state index in [1.54, 1.807) is 0 Å². The molecule has 0 aliphatic carbocycles. The van der Waals surface area contributed by atoms with Crippen LogP contribution in [-0.4, -0.2) is 52.1 Å². The molecule has 1 N–H and O–H groups in total. The van der Waals surface area contributed by atoms with E-state index in [0.717, 1.165) is 62.8 Å². The summed E-state index contributed by atoms with van der Waals surface area (Å²) in [6.07, 6.45) is 3.85. The maximum Gasteiger partial charge on any atom is 0.151 e. The van der Waals surface area contributed by atoms with Gasteiger partial charge in [-0.15, -0.1) is 0 Å². The lowest BCUT2D eigenvalue weighted by molar-refractivity contribution is -0.120. The molecule has 0 radical (unpaired) electrons. The van der Waals surface area contributed by atoms with Crippen LogP contribution in [0, 0.1) is 5.82 Å². The molecule has 3 heterocycles. The maximum absolute atomic E-state index is 13.4. The predicted molar refractivity (Wildman–Crippen MR) is 110 cm³/mol. The monoisotopic (exact) mass is 392 g/mol. The molecule has 2 aliphatic rings. The largest absolute Gasteiger partial charge is 0.300 e. The zero-order chi connectivity index (χ0) is 19.8. The minimum atomic E-state index is -0.262. The average Bonchev–Trinajstić information content (AvgIpc) is 3.18. The van der Waals surface area contributed by atoms with E-state index >= 15 is 0 Å². The summed E-state index contributed by atoms with van der Waals surface area (Å²) < 4.78 is 13.4. The van der Waals surface area contributed by atoms with Crippen LogP contribution in [0.2, 0.25) is 0 Å². The van der Waals surface area contributed by atoms with Crippen LogP contribution < -0.4 is 0 Å². The molecule has 1 unspecified atom stereocenters. The zero-order valence-corrected chi connectivity index (χ0v) is 16.4. The molecule has 5 nitrogen and oxygen atoms in total. The maximum atomic E-state index is 13.4. The van der Waals surface area contributed by atoms with Crippen LogP contribution in [0.15, 0.2) is 42.5 Å². The molecule has 0 amide bonds. The van der Waals surface area contributed by atoms with Gasteiger partial charge in [-0.25, -0.2) is 4.39 Å². The minimum absolute atomic E-state index is 0.170. The van der Waals surface area contributed by atoms with E-state index in [9.17, 15) is 9.18 Å². The molecule has 29 heavy (non-hydrogen) atoms. The molecule has 1 saturated heterocycles.